The fraction of sp³-hybridized carbons (Fsp3) is 0.154. The van der Waals surface area contributed by atoms with Crippen LogP contribution in [0, 0.1) is 0 Å². The van der Waals surface area contributed by atoms with E-state index in [0.717, 1.165) is 12.0 Å². The molecule has 1 aliphatic rings. The minimum absolute atomic E-state index is 0.0851. The summed E-state index contributed by atoms with van der Waals surface area (Å²) < 4.78 is 30.0. The number of ether oxygens (including phenoxy) is 1. The molecule has 2 aromatic rings. The molecule has 116 valence electrons. The van der Waals surface area contributed by atoms with Crippen molar-refractivity contribution in [2.24, 2.45) is 0 Å². The molecule has 1 aromatic carbocycles. The predicted octanol–water partition coefficient (Wildman–Crippen LogP) is 2.63. The highest BCUT2D eigenvalue weighted by atomic mass is 35.5. The third-order valence-corrected chi connectivity index (χ3v) is 4.96. The zero-order chi connectivity index (χ0) is 15.7. The Bertz CT molecular complexity index is 807. The van der Waals surface area contributed by atoms with Crippen LogP contribution >= 0.6 is 23.2 Å². The van der Waals surface area contributed by atoms with E-state index in [4.69, 9.17) is 27.9 Å². The van der Waals surface area contributed by atoms with Gasteiger partial charge in [-0.15, -0.1) is 4.83 Å². The van der Waals surface area contributed by atoms with E-state index >= 15 is 0 Å². The number of rotatable bonds is 4. The summed E-state index contributed by atoms with van der Waals surface area (Å²) in [5, 5.41) is 0.403. The number of halogens is 2. The largest absolute Gasteiger partial charge is 0.493 e. The average molecular weight is 360 g/mol. The highest BCUT2D eigenvalue weighted by Gasteiger charge is 2.20. The highest BCUT2D eigenvalue weighted by Crippen LogP contribution is 2.29. The normalized spacial score (nSPS) is 13.5. The lowest BCUT2D eigenvalue weighted by atomic mass is 10.2. The van der Waals surface area contributed by atoms with Gasteiger partial charge in [0, 0.05) is 24.9 Å². The smallest absolute Gasteiger partial charge is 0.257 e. The average Bonchev–Trinajstić information content (AvgIpc) is 2.94. The third kappa shape index (κ3) is 2.98. The van der Waals surface area contributed by atoms with Crippen molar-refractivity contribution >= 4 is 38.9 Å². The summed E-state index contributed by atoms with van der Waals surface area (Å²) in [5.41, 5.74) is 3.73. The van der Waals surface area contributed by atoms with Crippen molar-refractivity contribution in [1.29, 1.82) is 0 Å². The topological polar surface area (TPSA) is 80.3 Å². The molecule has 2 heterocycles. The summed E-state index contributed by atoms with van der Waals surface area (Å²) in [6.45, 7) is 0.562. The molecule has 0 aliphatic carbocycles. The summed E-state index contributed by atoms with van der Waals surface area (Å²) in [6.07, 6.45) is 3.49. The van der Waals surface area contributed by atoms with Crippen LogP contribution in [0.3, 0.4) is 0 Å². The van der Waals surface area contributed by atoms with Crippen LogP contribution < -0.4 is 15.0 Å². The van der Waals surface area contributed by atoms with E-state index in [1.807, 2.05) is 0 Å². The minimum Gasteiger partial charge on any atom is -0.493 e. The molecule has 0 atom stereocenters. The number of hydrogen-bond acceptors (Lipinski definition) is 5. The van der Waals surface area contributed by atoms with Crippen LogP contribution in [0.1, 0.15) is 5.56 Å². The maximum atomic E-state index is 12.3. The predicted molar refractivity (Wildman–Crippen MR) is 83.8 cm³/mol. The summed E-state index contributed by atoms with van der Waals surface area (Å²) in [6, 6.07) is 4.75. The molecule has 22 heavy (non-hydrogen) atoms. The second-order valence-corrected chi connectivity index (χ2v) is 7.07. The second kappa shape index (κ2) is 5.92. The van der Waals surface area contributed by atoms with Crippen LogP contribution in [0.15, 0.2) is 35.5 Å². The molecular weight excluding hydrogens is 349 g/mol. The molecule has 6 nitrogen and oxygen atoms in total. The van der Waals surface area contributed by atoms with E-state index in [1.165, 1.54) is 24.5 Å². The molecule has 0 spiro atoms. The van der Waals surface area contributed by atoms with Crippen molar-refractivity contribution < 1.29 is 13.2 Å². The Morgan fingerprint density at radius 2 is 1.91 bits per heavy atom. The van der Waals surface area contributed by atoms with Gasteiger partial charge in [0.1, 0.15) is 5.75 Å². The summed E-state index contributed by atoms with van der Waals surface area (Å²) in [7, 11) is -3.79. The first-order valence-electron chi connectivity index (χ1n) is 6.30. The number of nitrogens with zero attached hydrogens (tertiary/aromatic N) is 1. The van der Waals surface area contributed by atoms with Gasteiger partial charge in [-0.1, -0.05) is 29.3 Å². The Hall–Kier alpha value is -1.54. The van der Waals surface area contributed by atoms with Gasteiger partial charge in [-0.05, 0) is 11.6 Å². The number of pyridine rings is 1. The van der Waals surface area contributed by atoms with Crippen LogP contribution in [0.4, 0.5) is 5.69 Å². The van der Waals surface area contributed by atoms with E-state index < -0.39 is 10.0 Å². The standard InChI is InChI=1S/C13H11Cl2N3O3S/c14-10-6-16-7-11(15)13(10)17-18-22(19,20)9-2-1-8-3-4-21-12(8)5-9/h1-2,5-7,18H,3-4H2,(H,16,17). The zero-order valence-corrected chi connectivity index (χ0v) is 13.5. The van der Waals surface area contributed by atoms with E-state index in [0.29, 0.717) is 12.4 Å². The first-order chi connectivity index (χ1) is 10.5. The molecule has 1 aromatic heterocycles. The van der Waals surface area contributed by atoms with Gasteiger partial charge in [0.05, 0.1) is 27.2 Å². The quantitative estimate of drug-likeness (QED) is 0.820. The fourth-order valence-corrected chi connectivity index (χ4v) is 3.34. The monoisotopic (exact) mass is 359 g/mol. The maximum absolute atomic E-state index is 12.3. The molecule has 9 heteroatoms. The van der Waals surface area contributed by atoms with Gasteiger partial charge in [-0.3, -0.25) is 4.98 Å². The lowest BCUT2D eigenvalue weighted by Crippen LogP contribution is -2.29. The van der Waals surface area contributed by atoms with Gasteiger partial charge in [0.25, 0.3) is 10.0 Å². The van der Waals surface area contributed by atoms with E-state index in [9.17, 15) is 8.42 Å². The van der Waals surface area contributed by atoms with Crippen LogP contribution in [0.5, 0.6) is 5.75 Å². The second-order valence-electron chi connectivity index (χ2n) is 4.58. The van der Waals surface area contributed by atoms with Crippen molar-refractivity contribution in [3.63, 3.8) is 0 Å². The Kier molecular flexibility index (Phi) is 4.14. The van der Waals surface area contributed by atoms with Crippen molar-refractivity contribution in [2.75, 3.05) is 12.0 Å². The molecule has 2 N–H and O–H groups in total. The molecule has 0 saturated carbocycles. The molecule has 0 saturated heterocycles. The lowest BCUT2D eigenvalue weighted by molar-refractivity contribution is 0.356. The van der Waals surface area contributed by atoms with Gasteiger partial charge >= 0.3 is 0 Å². The number of hydrazine groups is 1. The number of nitrogens with one attached hydrogen (secondary N) is 2. The first-order valence-corrected chi connectivity index (χ1v) is 8.54. The number of hydrogen-bond donors (Lipinski definition) is 2. The van der Waals surface area contributed by atoms with Crippen LogP contribution in [0.25, 0.3) is 0 Å². The van der Waals surface area contributed by atoms with Crippen molar-refractivity contribution in [3.8, 4) is 5.75 Å². The van der Waals surface area contributed by atoms with E-state index in [-0.39, 0.29) is 20.6 Å². The Morgan fingerprint density at radius 3 is 2.64 bits per heavy atom. The van der Waals surface area contributed by atoms with Gasteiger partial charge in [0.15, 0.2) is 0 Å². The third-order valence-electron chi connectivity index (χ3n) is 3.14. The van der Waals surface area contributed by atoms with Crippen LogP contribution in [-0.4, -0.2) is 20.0 Å². The van der Waals surface area contributed by atoms with E-state index in [2.05, 4.69) is 15.2 Å². The number of benzene rings is 1. The highest BCUT2D eigenvalue weighted by molar-refractivity contribution is 7.89. The number of fused-ring (bicyclic) bond motifs is 1. The Balaban J connectivity index is 1.82. The molecule has 3 rings (SSSR count). The SMILES string of the molecule is O=S(=O)(NNc1c(Cl)cncc1Cl)c1ccc2c(c1)OCC2. The van der Waals surface area contributed by atoms with E-state index in [1.54, 1.807) is 6.07 Å². The molecule has 1 aliphatic heterocycles. The Labute approximate surface area is 137 Å². The molecule has 0 bridgehead atoms. The summed E-state index contributed by atoms with van der Waals surface area (Å²) in [4.78, 5) is 6.11. The van der Waals surface area contributed by atoms with Gasteiger partial charge in [-0.2, -0.15) is 0 Å². The Morgan fingerprint density at radius 1 is 1.18 bits per heavy atom. The summed E-state index contributed by atoms with van der Waals surface area (Å²) >= 11 is 11.8. The molecule has 0 amide bonds. The number of aromatic nitrogens is 1. The number of anilines is 1. The maximum Gasteiger partial charge on any atom is 0.257 e. The molecule has 0 radical (unpaired) electrons. The van der Waals surface area contributed by atoms with Crippen molar-refractivity contribution in [1.82, 2.24) is 9.82 Å². The lowest BCUT2D eigenvalue weighted by Gasteiger charge is -2.12. The van der Waals surface area contributed by atoms with Crippen molar-refractivity contribution in [2.45, 2.75) is 11.3 Å². The molecular formula is C13H11Cl2N3O3S. The van der Waals surface area contributed by atoms with Crippen molar-refractivity contribution in [3.05, 3.63) is 46.2 Å². The first kappa shape index (κ1) is 15.4. The minimum atomic E-state index is -3.79. The molecule has 0 unspecified atom stereocenters. The number of sulfonamides is 1. The fourth-order valence-electron chi connectivity index (χ4n) is 2.02. The summed E-state index contributed by atoms with van der Waals surface area (Å²) in [5.74, 6) is 0.586. The van der Waals surface area contributed by atoms with Crippen LogP contribution in [-0.2, 0) is 16.4 Å². The molecule has 0 fully saturated rings. The van der Waals surface area contributed by atoms with Gasteiger partial charge in [0.2, 0.25) is 0 Å². The zero-order valence-electron chi connectivity index (χ0n) is 11.1. The van der Waals surface area contributed by atoms with Gasteiger partial charge in [-0.25, -0.2) is 8.42 Å². The van der Waals surface area contributed by atoms with Crippen LogP contribution in [0.2, 0.25) is 10.0 Å². The van der Waals surface area contributed by atoms with Gasteiger partial charge < -0.3 is 10.2 Å².